The number of amides is 3. The Morgan fingerprint density at radius 2 is 1.56 bits per heavy atom. The van der Waals surface area contributed by atoms with E-state index in [1.165, 1.54) is 4.90 Å². The van der Waals surface area contributed by atoms with Gasteiger partial charge in [0, 0.05) is 19.5 Å². The van der Waals surface area contributed by atoms with Crippen LogP contribution in [0.15, 0.2) is 54.6 Å². The molecular weight excluding hydrogens is 616 g/mol. The molecule has 0 bridgehead atoms. The topological polar surface area (TPSA) is 156 Å². The maximum absolute atomic E-state index is 13.9. The third-order valence-electron chi connectivity index (χ3n) is 8.72. The molecule has 5 atom stereocenters. The van der Waals surface area contributed by atoms with E-state index in [-0.39, 0.29) is 31.8 Å². The molecule has 2 fully saturated rings. The van der Waals surface area contributed by atoms with Crippen LogP contribution in [-0.4, -0.2) is 96.5 Å². The molecule has 3 amide bonds. The lowest BCUT2D eigenvalue weighted by Gasteiger charge is -2.36. The van der Waals surface area contributed by atoms with Crippen molar-refractivity contribution in [1.82, 2.24) is 20.9 Å². The fraction of sp³-hybridized carbons (Fsp3) is 0.528. The number of Topliss-reactive ketones (excluding diaryl/α,β-unsaturated/α-hetero) is 1. The van der Waals surface area contributed by atoms with Crippen molar-refractivity contribution >= 4 is 30.0 Å². The lowest BCUT2D eigenvalue weighted by atomic mass is 9.94. The highest BCUT2D eigenvalue weighted by atomic mass is 16.6. The lowest BCUT2D eigenvalue weighted by molar-refractivity contribution is -0.133. The van der Waals surface area contributed by atoms with E-state index >= 15 is 0 Å². The zero-order chi connectivity index (χ0) is 35.1. The molecule has 3 N–H and O–H groups in total. The van der Waals surface area contributed by atoms with E-state index in [0.29, 0.717) is 25.1 Å². The van der Waals surface area contributed by atoms with Crippen molar-refractivity contribution in [3.8, 4) is 5.75 Å². The first-order chi connectivity index (χ1) is 22.7. The lowest BCUT2D eigenvalue weighted by Crippen LogP contribution is -2.60. The molecule has 2 heterocycles. The van der Waals surface area contributed by atoms with Crippen LogP contribution < -0.4 is 20.7 Å². The molecule has 2 saturated heterocycles. The second-order valence-electron chi connectivity index (χ2n) is 13.8. The molecule has 260 valence electrons. The Kier molecular flexibility index (Phi) is 11.6. The van der Waals surface area contributed by atoms with Crippen LogP contribution in [0.4, 0.5) is 4.79 Å². The van der Waals surface area contributed by atoms with E-state index in [1.807, 2.05) is 30.3 Å². The number of hydrogen-bond donors (Lipinski definition) is 3. The van der Waals surface area contributed by atoms with Crippen molar-refractivity contribution in [1.29, 1.82) is 0 Å². The van der Waals surface area contributed by atoms with Gasteiger partial charge >= 0.3 is 6.09 Å². The van der Waals surface area contributed by atoms with E-state index in [2.05, 4.69) is 16.0 Å². The number of carbonyl (C=O) groups excluding carboxylic acids is 5. The number of epoxide rings is 1. The van der Waals surface area contributed by atoms with Gasteiger partial charge in [-0.15, -0.1) is 0 Å². The molecule has 2 aromatic rings. The Morgan fingerprint density at radius 3 is 2.15 bits per heavy atom. The number of nitrogens with zero attached hydrogens (tertiary/aromatic N) is 1. The minimum Gasteiger partial charge on any atom is -0.497 e. The summed E-state index contributed by atoms with van der Waals surface area (Å²) in [6.45, 7) is 9.24. The Morgan fingerprint density at radius 1 is 0.958 bits per heavy atom. The van der Waals surface area contributed by atoms with E-state index in [9.17, 15) is 24.0 Å². The van der Waals surface area contributed by atoms with E-state index in [1.54, 1.807) is 66.0 Å². The van der Waals surface area contributed by atoms with Crippen molar-refractivity contribution in [3.05, 3.63) is 65.7 Å². The molecule has 48 heavy (non-hydrogen) atoms. The number of aldehydes is 1. The number of nitrogens with one attached hydrogen (secondary N) is 3. The third kappa shape index (κ3) is 9.41. The molecule has 12 nitrogen and oxygen atoms in total. The van der Waals surface area contributed by atoms with Gasteiger partial charge in [0.25, 0.3) is 0 Å². The minimum absolute atomic E-state index is 0.0197. The van der Waals surface area contributed by atoms with Crippen LogP contribution in [0.1, 0.15) is 58.6 Å². The van der Waals surface area contributed by atoms with E-state index in [0.717, 1.165) is 17.4 Å². The quantitative estimate of drug-likeness (QED) is 0.193. The summed E-state index contributed by atoms with van der Waals surface area (Å²) < 4.78 is 16.2. The van der Waals surface area contributed by atoms with Gasteiger partial charge in [-0.2, -0.15) is 0 Å². The molecule has 0 saturated carbocycles. The largest absolute Gasteiger partial charge is 0.497 e. The van der Waals surface area contributed by atoms with E-state index in [4.69, 9.17) is 14.2 Å². The van der Waals surface area contributed by atoms with E-state index < -0.39 is 52.8 Å². The second kappa shape index (κ2) is 15.3. The number of benzene rings is 2. The monoisotopic (exact) mass is 664 g/mol. The highest BCUT2D eigenvalue weighted by Crippen LogP contribution is 2.30. The van der Waals surface area contributed by atoms with Crippen molar-refractivity contribution < 1.29 is 38.2 Å². The third-order valence-corrected chi connectivity index (χ3v) is 8.72. The van der Waals surface area contributed by atoms with Crippen molar-refractivity contribution in [2.75, 3.05) is 26.8 Å². The van der Waals surface area contributed by atoms with Crippen molar-refractivity contribution in [2.45, 2.75) is 95.2 Å². The zero-order valence-corrected chi connectivity index (χ0v) is 28.7. The number of carbonyl (C=O) groups is 5. The van der Waals surface area contributed by atoms with Gasteiger partial charge < -0.3 is 35.0 Å². The number of ketones is 1. The predicted octanol–water partition coefficient (Wildman–Crippen LogP) is 2.75. The van der Waals surface area contributed by atoms with Gasteiger partial charge in [-0.25, -0.2) is 4.79 Å². The standard InChI is InChI=1S/C36H48N4O8/c1-24(37-21-36(22-41)17-10-18-40(36)33(45)48-34(2,3)4)31(43)39-29(20-26-13-15-27(46-6)16-14-26)32(44)38-28(30(42)35(5)23-47-35)19-25-11-8-7-9-12-25/h7-9,11-16,22,24,28-29,37H,10,17-21,23H2,1-6H3,(H,38,44)(H,39,43). The van der Waals surface area contributed by atoms with Crippen molar-refractivity contribution in [3.63, 3.8) is 0 Å². The predicted molar refractivity (Wildman–Crippen MR) is 179 cm³/mol. The van der Waals surface area contributed by atoms with Gasteiger partial charge in [-0.3, -0.25) is 19.3 Å². The normalized spacial score (nSPS) is 22.2. The van der Waals surface area contributed by atoms with Crippen LogP contribution in [0.3, 0.4) is 0 Å². The number of likely N-dealkylation sites (tertiary alicyclic amines) is 1. The molecule has 0 radical (unpaired) electrons. The van der Waals surface area contributed by atoms with Crippen LogP contribution in [0.25, 0.3) is 0 Å². The van der Waals surface area contributed by atoms with Crippen LogP contribution in [0, 0.1) is 0 Å². The highest BCUT2D eigenvalue weighted by molar-refractivity contribution is 5.98. The van der Waals surface area contributed by atoms with Gasteiger partial charge in [-0.05, 0) is 77.1 Å². The number of hydrogen-bond acceptors (Lipinski definition) is 9. The molecule has 5 unspecified atom stereocenters. The van der Waals surface area contributed by atoms with Gasteiger partial charge in [0.1, 0.15) is 34.8 Å². The summed E-state index contributed by atoms with van der Waals surface area (Å²) >= 11 is 0. The summed E-state index contributed by atoms with van der Waals surface area (Å²) in [5.41, 5.74) is -1.25. The summed E-state index contributed by atoms with van der Waals surface area (Å²) in [5.74, 6) is -0.616. The molecule has 0 spiro atoms. The Labute approximate surface area is 282 Å². The average Bonchev–Trinajstić information content (AvgIpc) is 3.66. The maximum Gasteiger partial charge on any atom is 0.411 e. The van der Waals surface area contributed by atoms with Crippen LogP contribution >= 0.6 is 0 Å². The number of methoxy groups -OCH3 is 1. The second-order valence-corrected chi connectivity index (χ2v) is 13.8. The molecule has 0 aromatic heterocycles. The van der Waals surface area contributed by atoms with Gasteiger partial charge in [-0.1, -0.05) is 42.5 Å². The summed E-state index contributed by atoms with van der Waals surface area (Å²) in [6, 6.07) is 13.7. The molecule has 12 heteroatoms. The molecule has 2 aliphatic rings. The molecule has 2 aliphatic heterocycles. The first kappa shape index (κ1) is 36.5. The fourth-order valence-electron chi connectivity index (χ4n) is 5.72. The summed E-state index contributed by atoms with van der Waals surface area (Å²) in [7, 11) is 1.56. The fourth-order valence-corrected chi connectivity index (χ4v) is 5.72. The number of ether oxygens (including phenoxy) is 3. The Balaban J connectivity index is 1.49. The first-order valence-corrected chi connectivity index (χ1v) is 16.3. The minimum atomic E-state index is -1.18. The molecule has 2 aromatic carbocycles. The Hall–Kier alpha value is -4.29. The zero-order valence-electron chi connectivity index (χ0n) is 28.7. The highest BCUT2D eigenvalue weighted by Gasteiger charge is 2.50. The van der Waals surface area contributed by atoms with Crippen LogP contribution in [0.2, 0.25) is 0 Å². The van der Waals surface area contributed by atoms with Gasteiger partial charge in [0.15, 0.2) is 5.78 Å². The maximum atomic E-state index is 13.9. The van der Waals surface area contributed by atoms with Crippen molar-refractivity contribution in [2.24, 2.45) is 0 Å². The summed E-state index contributed by atoms with van der Waals surface area (Å²) in [6.07, 6.45) is 1.56. The molecular formula is C36H48N4O8. The Bertz CT molecular complexity index is 1450. The number of rotatable bonds is 15. The van der Waals surface area contributed by atoms with Gasteiger partial charge in [0.2, 0.25) is 11.8 Å². The summed E-state index contributed by atoms with van der Waals surface area (Å²) in [5, 5.41) is 8.84. The first-order valence-electron chi connectivity index (χ1n) is 16.3. The molecule has 4 rings (SSSR count). The van der Waals surface area contributed by atoms with Crippen LogP contribution in [-0.2, 0) is 41.5 Å². The van der Waals surface area contributed by atoms with Gasteiger partial charge in [0.05, 0.1) is 25.8 Å². The summed E-state index contributed by atoms with van der Waals surface area (Å²) in [4.78, 5) is 67.7. The smallest absolute Gasteiger partial charge is 0.411 e. The average molecular weight is 665 g/mol. The molecule has 0 aliphatic carbocycles. The van der Waals surface area contributed by atoms with Crippen LogP contribution in [0.5, 0.6) is 5.75 Å². The SMILES string of the molecule is COc1ccc(CC(NC(=O)C(C)NCC2(C=O)CCCN2C(=O)OC(C)(C)C)C(=O)NC(Cc2ccccc2)C(=O)C2(C)CO2)cc1.